The SMILES string of the molecule is CC1CCCC(CNc2cc(F)cc([N+](=O)[O-])c2)C1. The average molecular weight is 266 g/mol. The molecule has 0 aliphatic heterocycles. The zero-order valence-electron chi connectivity index (χ0n) is 11.1. The van der Waals surface area contributed by atoms with Crippen molar-refractivity contribution in [1.82, 2.24) is 0 Å². The number of hydrogen-bond acceptors (Lipinski definition) is 3. The third kappa shape index (κ3) is 3.91. The molecule has 0 radical (unpaired) electrons. The first-order chi connectivity index (χ1) is 9.04. The smallest absolute Gasteiger partial charge is 0.274 e. The number of nitrogens with zero attached hydrogens (tertiary/aromatic N) is 1. The molecule has 1 aromatic rings. The summed E-state index contributed by atoms with van der Waals surface area (Å²) >= 11 is 0. The van der Waals surface area contributed by atoms with Crippen molar-refractivity contribution in [3.8, 4) is 0 Å². The Morgan fingerprint density at radius 3 is 2.89 bits per heavy atom. The van der Waals surface area contributed by atoms with E-state index in [9.17, 15) is 14.5 Å². The van der Waals surface area contributed by atoms with Crippen LogP contribution < -0.4 is 5.32 Å². The van der Waals surface area contributed by atoms with Gasteiger partial charge in [-0.2, -0.15) is 0 Å². The quantitative estimate of drug-likeness (QED) is 0.662. The second-order valence-corrected chi connectivity index (χ2v) is 5.47. The zero-order chi connectivity index (χ0) is 13.8. The first kappa shape index (κ1) is 13.8. The van der Waals surface area contributed by atoms with Gasteiger partial charge in [0.1, 0.15) is 5.82 Å². The summed E-state index contributed by atoms with van der Waals surface area (Å²) in [6.07, 6.45) is 4.86. The third-order valence-electron chi connectivity index (χ3n) is 3.73. The Kier molecular flexibility index (Phi) is 4.35. The molecule has 0 heterocycles. The van der Waals surface area contributed by atoms with E-state index in [1.165, 1.54) is 37.8 Å². The van der Waals surface area contributed by atoms with Gasteiger partial charge in [-0.3, -0.25) is 10.1 Å². The standard InChI is InChI=1S/C14H19FN2O2/c1-10-3-2-4-11(5-10)9-16-13-6-12(15)7-14(8-13)17(18)19/h6-8,10-11,16H,2-5,9H2,1H3. The summed E-state index contributed by atoms with van der Waals surface area (Å²) in [6.45, 7) is 3.00. The molecule has 19 heavy (non-hydrogen) atoms. The molecule has 2 rings (SSSR count). The molecule has 1 aromatic carbocycles. The van der Waals surface area contributed by atoms with E-state index in [0.717, 1.165) is 18.5 Å². The molecule has 1 saturated carbocycles. The molecule has 0 bridgehead atoms. The van der Waals surface area contributed by atoms with Crippen LogP contribution in [0.2, 0.25) is 0 Å². The van der Waals surface area contributed by atoms with Crippen molar-refractivity contribution >= 4 is 11.4 Å². The normalized spacial score (nSPS) is 23.1. The first-order valence-corrected chi connectivity index (χ1v) is 6.73. The lowest BCUT2D eigenvalue weighted by Crippen LogP contribution is -2.21. The molecule has 2 unspecified atom stereocenters. The number of nitrogens with one attached hydrogen (secondary N) is 1. The minimum Gasteiger partial charge on any atom is -0.384 e. The Balaban J connectivity index is 1.97. The van der Waals surface area contributed by atoms with Crippen LogP contribution >= 0.6 is 0 Å². The first-order valence-electron chi connectivity index (χ1n) is 6.73. The van der Waals surface area contributed by atoms with Crippen LogP contribution in [-0.2, 0) is 0 Å². The zero-order valence-corrected chi connectivity index (χ0v) is 11.1. The van der Waals surface area contributed by atoms with Gasteiger partial charge in [0.25, 0.3) is 5.69 Å². The maximum atomic E-state index is 13.3. The van der Waals surface area contributed by atoms with E-state index in [2.05, 4.69) is 12.2 Å². The van der Waals surface area contributed by atoms with Crippen LogP contribution in [0.15, 0.2) is 18.2 Å². The predicted octanol–water partition coefficient (Wildman–Crippen LogP) is 3.97. The van der Waals surface area contributed by atoms with Gasteiger partial charge in [0.05, 0.1) is 11.0 Å². The van der Waals surface area contributed by atoms with Gasteiger partial charge in [0.2, 0.25) is 0 Å². The van der Waals surface area contributed by atoms with E-state index in [-0.39, 0.29) is 5.69 Å². The largest absolute Gasteiger partial charge is 0.384 e. The number of non-ortho nitro benzene ring substituents is 1. The Bertz CT molecular complexity index is 465. The number of halogens is 1. The van der Waals surface area contributed by atoms with Crippen LogP contribution in [0.25, 0.3) is 0 Å². The average Bonchev–Trinajstić information content (AvgIpc) is 2.36. The van der Waals surface area contributed by atoms with E-state index in [1.54, 1.807) is 0 Å². The molecule has 1 aliphatic rings. The Labute approximate surface area is 112 Å². The molecule has 1 N–H and O–H groups in total. The van der Waals surface area contributed by atoms with Crippen molar-refractivity contribution < 1.29 is 9.31 Å². The summed E-state index contributed by atoms with van der Waals surface area (Å²) < 4.78 is 13.3. The molecule has 2 atom stereocenters. The number of hydrogen-bond donors (Lipinski definition) is 1. The van der Waals surface area contributed by atoms with Crippen LogP contribution in [0.3, 0.4) is 0 Å². The Morgan fingerprint density at radius 1 is 1.42 bits per heavy atom. The fourth-order valence-electron chi connectivity index (χ4n) is 2.79. The molecule has 104 valence electrons. The highest BCUT2D eigenvalue weighted by Crippen LogP contribution is 2.29. The maximum absolute atomic E-state index is 13.3. The highest BCUT2D eigenvalue weighted by molar-refractivity contribution is 5.51. The van der Waals surface area contributed by atoms with Crippen molar-refractivity contribution in [3.63, 3.8) is 0 Å². The van der Waals surface area contributed by atoms with E-state index >= 15 is 0 Å². The maximum Gasteiger partial charge on any atom is 0.274 e. The lowest BCUT2D eigenvalue weighted by Gasteiger charge is -2.27. The summed E-state index contributed by atoms with van der Waals surface area (Å²) in [5.41, 5.74) is 0.282. The molecule has 1 aliphatic carbocycles. The lowest BCUT2D eigenvalue weighted by atomic mass is 9.82. The summed E-state index contributed by atoms with van der Waals surface area (Å²) in [5.74, 6) is 0.738. The van der Waals surface area contributed by atoms with E-state index in [0.29, 0.717) is 11.6 Å². The van der Waals surface area contributed by atoms with Gasteiger partial charge in [0.15, 0.2) is 0 Å². The number of rotatable bonds is 4. The molecular weight excluding hydrogens is 247 g/mol. The molecule has 0 saturated heterocycles. The molecule has 4 nitrogen and oxygen atoms in total. The molecule has 0 spiro atoms. The summed E-state index contributed by atoms with van der Waals surface area (Å²) in [4.78, 5) is 10.1. The number of anilines is 1. The molecule has 0 aromatic heterocycles. The Morgan fingerprint density at radius 2 is 2.21 bits per heavy atom. The number of nitro benzene ring substituents is 1. The summed E-state index contributed by atoms with van der Waals surface area (Å²) in [7, 11) is 0. The van der Waals surface area contributed by atoms with Crippen LogP contribution in [0.1, 0.15) is 32.6 Å². The fourth-order valence-corrected chi connectivity index (χ4v) is 2.79. The van der Waals surface area contributed by atoms with Crippen molar-refractivity contribution in [2.45, 2.75) is 32.6 Å². The topological polar surface area (TPSA) is 55.2 Å². The van der Waals surface area contributed by atoms with Gasteiger partial charge in [-0.15, -0.1) is 0 Å². The van der Waals surface area contributed by atoms with Crippen molar-refractivity contribution in [2.24, 2.45) is 11.8 Å². The van der Waals surface area contributed by atoms with E-state index < -0.39 is 10.7 Å². The van der Waals surface area contributed by atoms with Crippen molar-refractivity contribution in [2.75, 3.05) is 11.9 Å². The van der Waals surface area contributed by atoms with Gasteiger partial charge >= 0.3 is 0 Å². The van der Waals surface area contributed by atoms with Gasteiger partial charge < -0.3 is 5.32 Å². The molecule has 5 heteroatoms. The van der Waals surface area contributed by atoms with Crippen LogP contribution in [0.5, 0.6) is 0 Å². The van der Waals surface area contributed by atoms with Gasteiger partial charge in [-0.1, -0.05) is 19.8 Å². The van der Waals surface area contributed by atoms with Crippen molar-refractivity contribution in [3.05, 3.63) is 34.1 Å². The molecule has 0 amide bonds. The summed E-state index contributed by atoms with van der Waals surface area (Å²) in [5, 5.41) is 13.8. The van der Waals surface area contributed by atoms with Crippen molar-refractivity contribution in [1.29, 1.82) is 0 Å². The van der Waals surface area contributed by atoms with Crippen LogP contribution in [-0.4, -0.2) is 11.5 Å². The van der Waals surface area contributed by atoms with E-state index in [1.807, 2.05) is 0 Å². The van der Waals surface area contributed by atoms with Gasteiger partial charge in [-0.05, 0) is 30.7 Å². The monoisotopic (exact) mass is 266 g/mol. The number of nitro groups is 1. The van der Waals surface area contributed by atoms with Gasteiger partial charge in [-0.25, -0.2) is 4.39 Å². The molecule has 1 fully saturated rings. The van der Waals surface area contributed by atoms with Crippen LogP contribution in [0.4, 0.5) is 15.8 Å². The fraction of sp³-hybridized carbons (Fsp3) is 0.571. The second-order valence-electron chi connectivity index (χ2n) is 5.47. The number of benzene rings is 1. The Hall–Kier alpha value is -1.65. The minimum atomic E-state index is -0.575. The van der Waals surface area contributed by atoms with E-state index in [4.69, 9.17) is 0 Å². The highest BCUT2D eigenvalue weighted by atomic mass is 19.1. The molecular formula is C14H19FN2O2. The lowest BCUT2D eigenvalue weighted by molar-refractivity contribution is -0.385. The predicted molar refractivity (Wildman–Crippen MR) is 72.7 cm³/mol. The summed E-state index contributed by atoms with van der Waals surface area (Å²) in [6, 6.07) is 3.63. The third-order valence-corrected chi connectivity index (χ3v) is 3.73. The minimum absolute atomic E-state index is 0.209. The second kappa shape index (κ2) is 5.99. The highest BCUT2D eigenvalue weighted by Gasteiger charge is 2.19. The van der Waals surface area contributed by atoms with Crippen LogP contribution in [0, 0.1) is 27.8 Å². The van der Waals surface area contributed by atoms with Gasteiger partial charge in [0, 0.05) is 18.3 Å².